The van der Waals surface area contributed by atoms with Gasteiger partial charge in [-0.1, -0.05) is 12.1 Å². The van der Waals surface area contributed by atoms with Crippen LogP contribution in [0.3, 0.4) is 0 Å². The zero-order chi connectivity index (χ0) is 30.8. The Morgan fingerprint density at radius 1 is 1.05 bits per heavy atom. The fourth-order valence-electron chi connectivity index (χ4n) is 4.57. The maximum absolute atomic E-state index is 13.5. The third-order valence-electron chi connectivity index (χ3n) is 6.78. The van der Waals surface area contributed by atoms with Crippen LogP contribution in [0.2, 0.25) is 0 Å². The van der Waals surface area contributed by atoms with E-state index in [2.05, 4.69) is 15.0 Å². The van der Waals surface area contributed by atoms with Gasteiger partial charge in [-0.05, 0) is 65.2 Å². The Bertz CT molecular complexity index is 1660. The van der Waals surface area contributed by atoms with Gasteiger partial charge in [0.25, 0.3) is 11.8 Å². The Morgan fingerprint density at radius 3 is 2.42 bits per heavy atom. The molecule has 0 atom stereocenters. The van der Waals surface area contributed by atoms with E-state index in [4.69, 9.17) is 10.2 Å². The fourth-order valence-corrected chi connectivity index (χ4v) is 4.57. The summed E-state index contributed by atoms with van der Waals surface area (Å²) in [5.41, 5.74) is 7.11. The van der Waals surface area contributed by atoms with Gasteiger partial charge in [-0.2, -0.15) is 0 Å². The van der Waals surface area contributed by atoms with Gasteiger partial charge < -0.3 is 25.1 Å². The van der Waals surface area contributed by atoms with Gasteiger partial charge in [0.05, 0.1) is 6.54 Å². The molecule has 0 spiro atoms. The smallest absolute Gasteiger partial charge is 0.455 e. The molecular formula is C30H25F5N4O4. The minimum atomic E-state index is -5.00. The lowest BCUT2D eigenvalue weighted by atomic mass is 10.0. The number of carbonyl (C=O) groups excluding carboxylic acids is 2. The highest BCUT2D eigenvalue weighted by molar-refractivity contribution is 5.95. The number of ether oxygens (including phenoxy) is 1. The summed E-state index contributed by atoms with van der Waals surface area (Å²) in [6.45, 7) is -0.248. The van der Waals surface area contributed by atoms with Crippen LogP contribution in [0.4, 0.5) is 27.8 Å². The van der Waals surface area contributed by atoms with Gasteiger partial charge in [0, 0.05) is 49.2 Å². The molecule has 0 unspecified atom stereocenters. The first kappa shape index (κ1) is 29.5. The minimum Gasteiger partial charge on any atom is -0.455 e. The van der Waals surface area contributed by atoms with Crippen molar-refractivity contribution in [1.29, 1.82) is 0 Å². The number of carbonyl (C=O) groups is 2. The lowest BCUT2D eigenvalue weighted by Gasteiger charge is -2.31. The molecular weight excluding hydrogens is 575 g/mol. The Hall–Kier alpha value is -4.94. The largest absolute Gasteiger partial charge is 0.573 e. The first-order chi connectivity index (χ1) is 20.3. The molecule has 1 aliphatic heterocycles. The van der Waals surface area contributed by atoms with Crippen molar-refractivity contribution >= 4 is 34.7 Å². The summed E-state index contributed by atoms with van der Waals surface area (Å²) in [5.74, 6) is -3.73. The molecule has 2 amide bonds. The van der Waals surface area contributed by atoms with Gasteiger partial charge in [-0.15, -0.1) is 13.2 Å². The maximum Gasteiger partial charge on any atom is 0.573 e. The number of aromatic nitrogens is 1. The van der Waals surface area contributed by atoms with Crippen molar-refractivity contribution < 1.29 is 40.7 Å². The van der Waals surface area contributed by atoms with Gasteiger partial charge in [-0.3, -0.25) is 9.59 Å². The molecule has 0 bridgehead atoms. The average Bonchev–Trinajstić information content (AvgIpc) is 3.38. The van der Waals surface area contributed by atoms with E-state index in [-0.39, 0.29) is 36.5 Å². The lowest BCUT2D eigenvalue weighted by molar-refractivity contribution is -0.274. The number of piperidine rings is 1. The summed E-state index contributed by atoms with van der Waals surface area (Å²) in [4.78, 5) is 30.3. The predicted molar refractivity (Wildman–Crippen MR) is 148 cm³/mol. The minimum absolute atomic E-state index is 0.0674. The molecule has 3 N–H and O–H groups in total. The Labute approximate surface area is 241 Å². The van der Waals surface area contributed by atoms with Crippen molar-refractivity contribution in [3.63, 3.8) is 0 Å². The number of nitrogens with one attached hydrogen (secondary N) is 1. The summed E-state index contributed by atoms with van der Waals surface area (Å²) >= 11 is 0. The molecule has 13 heteroatoms. The molecule has 4 aromatic rings. The number of likely N-dealkylation sites (tertiary alicyclic amines) is 1. The number of alkyl halides is 5. The van der Waals surface area contributed by atoms with Crippen molar-refractivity contribution in [3.05, 3.63) is 83.8 Å². The Morgan fingerprint density at radius 2 is 1.77 bits per heavy atom. The molecule has 8 nitrogen and oxygen atoms in total. The van der Waals surface area contributed by atoms with E-state index in [0.29, 0.717) is 27.9 Å². The number of halogens is 5. The van der Waals surface area contributed by atoms with Crippen molar-refractivity contribution in [2.45, 2.75) is 31.7 Å². The summed E-state index contributed by atoms with van der Waals surface area (Å²) in [5, 5.41) is 2.89. The number of amides is 2. The highest BCUT2D eigenvalue weighted by Crippen LogP contribution is 2.37. The van der Waals surface area contributed by atoms with Crippen molar-refractivity contribution in [2.24, 2.45) is 0 Å². The lowest BCUT2D eigenvalue weighted by Crippen LogP contribution is -2.42. The molecule has 0 aliphatic carbocycles. The molecule has 43 heavy (non-hydrogen) atoms. The SMILES string of the molecule is Nc1ccc(/C=C/C(=O)NCc2cc3cc(-c4ccc(C(=O)N5CCC(F)(F)CC5)cc4)cc(OC(F)(F)F)c3o2)cn1. The molecule has 2 aromatic carbocycles. The number of pyridine rings is 1. The third-order valence-corrected chi connectivity index (χ3v) is 6.78. The van der Waals surface area contributed by atoms with Gasteiger partial charge in [0.1, 0.15) is 11.6 Å². The average molecular weight is 601 g/mol. The van der Waals surface area contributed by atoms with E-state index in [0.717, 1.165) is 6.07 Å². The normalized spacial score (nSPS) is 15.1. The van der Waals surface area contributed by atoms with Crippen LogP contribution >= 0.6 is 0 Å². The quantitative estimate of drug-likeness (QED) is 0.194. The number of nitrogens with two attached hydrogens (primary N) is 1. The molecule has 5 rings (SSSR count). The summed E-state index contributed by atoms with van der Waals surface area (Å²) in [7, 11) is 0. The summed E-state index contributed by atoms with van der Waals surface area (Å²) in [6, 6.07) is 13.6. The highest BCUT2D eigenvalue weighted by atomic mass is 19.4. The van der Waals surface area contributed by atoms with Crippen molar-refractivity contribution in [1.82, 2.24) is 15.2 Å². The molecule has 1 fully saturated rings. The zero-order valence-electron chi connectivity index (χ0n) is 22.5. The van der Waals surface area contributed by atoms with Crippen LogP contribution in [0, 0.1) is 0 Å². The van der Waals surface area contributed by atoms with Gasteiger partial charge >= 0.3 is 6.36 Å². The van der Waals surface area contributed by atoms with E-state index in [1.54, 1.807) is 30.3 Å². The Kier molecular flexibility index (Phi) is 8.07. The molecule has 224 valence electrons. The number of benzene rings is 2. The maximum atomic E-state index is 13.5. The number of nitrogen functional groups attached to an aromatic ring is 1. The number of nitrogens with zero attached hydrogens (tertiary/aromatic N) is 2. The van der Waals surface area contributed by atoms with E-state index in [1.807, 2.05) is 0 Å². The first-order valence-electron chi connectivity index (χ1n) is 13.1. The molecule has 1 saturated heterocycles. The van der Waals surface area contributed by atoms with Gasteiger partial charge in [-0.25, -0.2) is 13.8 Å². The van der Waals surface area contributed by atoms with E-state index >= 15 is 0 Å². The standard InChI is InChI=1S/C30H25F5N4O4/c31-29(32)9-11-39(12-10-29)28(41)20-5-3-19(4-6-20)21-13-22-14-23(42-27(22)24(15-21)43-30(33,34)35)17-38-26(40)8-2-18-1-7-25(36)37-16-18/h1-8,13-16H,9-12,17H2,(H2,36,37)(H,38,40)/b8-2+. The summed E-state index contributed by atoms with van der Waals surface area (Å²) < 4.78 is 76.5. The number of anilines is 1. The van der Waals surface area contributed by atoms with Crippen LogP contribution in [0.15, 0.2) is 71.3 Å². The monoisotopic (exact) mass is 600 g/mol. The number of rotatable bonds is 7. The molecule has 0 radical (unpaired) electrons. The van der Waals surface area contributed by atoms with Gasteiger partial charge in [0.15, 0.2) is 11.3 Å². The third kappa shape index (κ3) is 7.48. The number of hydrogen-bond acceptors (Lipinski definition) is 6. The first-order valence-corrected chi connectivity index (χ1v) is 13.1. The predicted octanol–water partition coefficient (Wildman–Crippen LogP) is 6.18. The number of fused-ring (bicyclic) bond motifs is 1. The molecule has 0 saturated carbocycles. The molecule has 1 aliphatic rings. The number of furan rings is 1. The van der Waals surface area contributed by atoms with Crippen molar-refractivity contribution in [3.8, 4) is 16.9 Å². The van der Waals surface area contributed by atoms with Crippen LogP contribution in [0.5, 0.6) is 5.75 Å². The van der Waals surface area contributed by atoms with Crippen LogP contribution in [0.25, 0.3) is 28.2 Å². The fraction of sp³-hybridized carbons (Fsp3) is 0.233. The second-order valence-electron chi connectivity index (χ2n) is 9.95. The number of hydrogen-bond donors (Lipinski definition) is 2. The van der Waals surface area contributed by atoms with E-state index < -0.39 is 42.7 Å². The second-order valence-corrected chi connectivity index (χ2v) is 9.95. The van der Waals surface area contributed by atoms with Crippen LogP contribution in [-0.2, 0) is 11.3 Å². The molecule has 2 aromatic heterocycles. The highest BCUT2D eigenvalue weighted by Gasteiger charge is 2.36. The zero-order valence-corrected chi connectivity index (χ0v) is 22.5. The van der Waals surface area contributed by atoms with Crippen LogP contribution < -0.4 is 15.8 Å². The van der Waals surface area contributed by atoms with E-state index in [1.165, 1.54) is 41.4 Å². The van der Waals surface area contributed by atoms with Crippen LogP contribution in [-0.4, -0.2) is 47.1 Å². The topological polar surface area (TPSA) is 111 Å². The van der Waals surface area contributed by atoms with Gasteiger partial charge in [0.2, 0.25) is 5.91 Å². The molecule has 3 heterocycles. The van der Waals surface area contributed by atoms with Crippen molar-refractivity contribution in [2.75, 3.05) is 18.8 Å². The summed E-state index contributed by atoms with van der Waals surface area (Å²) in [6.07, 6.45) is -1.55. The Balaban J connectivity index is 1.33. The van der Waals surface area contributed by atoms with Crippen LogP contribution in [0.1, 0.15) is 34.5 Å². The van der Waals surface area contributed by atoms with E-state index in [9.17, 15) is 31.5 Å². The second kappa shape index (κ2) is 11.7.